The number of nitrogens with one attached hydrogen (secondary N) is 1. The SMILES string of the molecule is CCCN(CCCNC[C@H]1O[C@H](OC2[C@@H](CO)O[C@H](C)[C@H](O)[C@H]2O)[C@H](O)[C@@H](O)[C@@H]1OC)/[N+]([O-])=N/[O-]. The molecule has 2 heterocycles. The van der Waals surface area contributed by atoms with Gasteiger partial charge in [0.05, 0.1) is 25.8 Å². The number of aliphatic hydroxyl groups is 5. The molecule has 0 amide bonds. The molecule has 2 rings (SSSR count). The number of hydrazine groups is 1. The zero-order valence-electron chi connectivity index (χ0n) is 20.3. The first-order valence-electron chi connectivity index (χ1n) is 11.8. The van der Waals surface area contributed by atoms with Gasteiger partial charge >= 0.3 is 0 Å². The first-order valence-corrected chi connectivity index (χ1v) is 11.8. The molecule has 6 N–H and O–H groups in total. The number of rotatable bonds is 13. The summed E-state index contributed by atoms with van der Waals surface area (Å²) in [5, 5.41) is 80.0. The van der Waals surface area contributed by atoms with Crippen molar-refractivity contribution in [2.24, 2.45) is 5.28 Å². The maximum Gasteiger partial charge on any atom is 0.187 e. The summed E-state index contributed by atoms with van der Waals surface area (Å²) in [7, 11) is 1.36. The van der Waals surface area contributed by atoms with Crippen LogP contribution >= 0.6 is 0 Å². The third kappa shape index (κ3) is 7.55. The number of ether oxygens (including phenoxy) is 4. The summed E-state index contributed by atoms with van der Waals surface area (Å²) >= 11 is 0. The number of hydrogen-bond donors (Lipinski definition) is 6. The predicted molar refractivity (Wildman–Crippen MR) is 119 cm³/mol. The molecule has 0 aromatic carbocycles. The van der Waals surface area contributed by atoms with E-state index in [0.29, 0.717) is 32.5 Å². The smallest absolute Gasteiger partial charge is 0.187 e. The van der Waals surface area contributed by atoms with Gasteiger partial charge in [-0.1, -0.05) is 6.92 Å². The number of aliphatic hydroxyl groups excluding tert-OH is 5. The Morgan fingerprint density at radius 3 is 2.31 bits per heavy atom. The average molecular weight is 512 g/mol. The van der Waals surface area contributed by atoms with Crippen molar-refractivity contribution in [3.63, 3.8) is 0 Å². The van der Waals surface area contributed by atoms with Crippen LogP contribution in [0.15, 0.2) is 5.28 Å². The second-order valence-corrected chi connectivity index (χ2v) is 8.71. The minimum Gasteiger partial charge on any atom is -0.737 e. The number of hydrogen-bond acceptors (Lipinski definition) is 13. The zero-order chi connectivity index (χ0) is 26.1. The van der Waals surface area contributed by atoms with Gasteiger partial charge in [-0.25, -0.2) is 0 Å². The summed E-state index contributed by atoms with van der Waals surface area (Å²) in [5.41, 5.74) is 0. The van der Waals surface area contributed by atoms with Crippen molar-refractivity contribution in [1.82, 2.24) is 10.3 Å². The molecule has 10 atom stereocenters. The van der Waals surface area contributed by atoms with E-state index in [1.165, 1.54) is 12.1 Å². The normalized spacial score (nSPS) is 38.5. The van der Waals surface area contributed by atoms with Gasteiger partial charge < -0.3 is 60.2 Å². The summed E-state index contributed by atoms with van der Waals surface area (Å²) in [4.78, 5) is 0.0229. The average Bonchev–Trinajstić information content (AvgIpc) is 2.85. The maximum atomic E-state index is 11.5. The molecule has 2 fully saturated rings. The second kappa shape index (κ2) is 14.4. The van der Waals surface area contributed by atoms with E-state index in [-0.39, 0.29) is 11.5 Å². The van der Waals surface area contributed by atoms with Crippen molar-refractivity contribution >= 4 is 0 Å². The van der Waals surface area contributed by atoms with Gasteiger partial charge in [-0.3, -0.25) is 0 Å². The first kappa shape index (κ1) is 29.8. The van der Waals surface area contributed by atoms with E-state index >= 15 is 0 Å². The quantitative estimate of drug-likeness (QED) is 0.0648. The Balaban J connectivity index is 1.96. The van der Waals surface area contributed by atoms with E-state index in [1.807, 2.05) is 6.92 Å². The van der Waals surface area contributed by atoms with Crippen LogP contribution in [0.25, 0.3) is 0 Å². The lowest BCUT2D eigenvalue weighted by Crippen LogP contribution is -2.65. The van der Waals surface area contributed by atoms with Crippen molar-refractivity contribution in [3.8, 4) is 0 Å². The molecule has 0 aromatic heterocycles. The topological polar surface area (TPSA) is 215 Å². The fourth-order valence-corrected chi connectivity index (χ4v) is 4.29. The van der Waals surface area contributed by atoms with Gasteiger partial charge in [-0.2, -0.15) is 0 Å². The van der Waals surface area contributed by atoms with E-state index in [4.69, 9.17) is 18.9 Å². The van der Waals surface area contributed by atoms with Crippen molar-refractivity contribution in [2.75, 3.05) is 39.9 Å². The molecular weight excluding hydrogens is 472 g/mol. The van der Waals surface area contributed by atoms with Crippen LogP contribution < -0.4 is 5.32 Å². The van der Waals surface area contributed by atoms with E-state index in [2.05, 4.69) is 10.6 Å². The van der Waals surface area contributed by atoms with Gasteiger partial charge in [-0.15, -0.1) is 5.01 Å². The summed E-state index contributed by atoms with van der Waals surface area (Å²) in [6.07, 6.45) is -10.5. The van der Waals surface area contributed by atoms with Gasteiger partial charge in [0.1, 0.15) is 48.8 Å². The summed E-state index contributed by atoms with van der Waals surface area (Å²) < 4.78 is 22.3. The lowest BCUT2D eigenvalue weighted by atomic mass is 9.95. The molecule has 0 radical (unpaired) electrons. The zero-order valence-corrected chi connectivity index (χ0v) is 20.3. The van der Waals surface area contributed by atoms with Crippen LogP contribution in [0.5, 0.6) is 0 Å². The van der Waals surface area contributed by atoms with Crippen LogP contribution in [-0.2, 0) is 18.9 Å². The van der Waals surface area contributed by atoms with Crippen LogP contribution in [0, 0.1) is 10.4 Å². The Labute approximate surface area is 204 Å². The minimum atomic E-state index is -1.54. The largest absolute Gasteiger partial charge is 0.737 e. The van der Waals surface area contributed by atoms with Crippen molar-refractivity contribution in [1.29, 1.82) is 0 Å². The van der Waals surface area contributed by atoms with E-state index in [0.717, 1.165) is 0 Å². The van der Waals surface area contributed by atoms with Gasteiger partial charge in [0.25, 0.3) is 0 Å². The van der Waals surface area contributed by atoms with E-state index in [1.54, 1.807) is 6.92 Å². The molecule has 2 aliphatic heterocycles. The fourth-order valence-electron chi connectivity index (χ4n) is 4.29. The monoisotopic (exact) mass is 511 g/mol. The highest BCUT2D eigenvalue weighted by Gasteiger charge is 2.50. The molecule has 1 unspecified atom stereocenters. The van der Waals surface area contributed by atoms with Crippen LogP contribution in [0.4, 0.5) is 0 Å². The molecule has 0 aromatic rings. The second-order valence-electron chi connectivity index (χ2n) is 8.71. The van der Waals surface area contributed by atoms with E-state index < -0.39 is 67.8 Å². The van der Waals surface area contributed by atoms with Crippen molar-refractivity contribution < 1.29 is 49.4 Å². The van der Waals surface area contributed by atoms with E-state index in [9.17, 15) is 35.9 Å². The Bertz CT molecular complexity index is 646. The molecular formula is C20H39N4O11-. The van der Waals surface area contributed by atoms with Gasteiger partial charge in [-0.05, 0) is 31.6 Å². The molecule has 206 valence electrons. The summed E-state index contributed by atoms with van der Waals surface area (Å²) in [6.45, 7) is 4.19. The first-order chi connectivity index (χ1) is 16.7. The molecule has 0 spiro atoms. The standard InChI is InChI=1S/C20H40N4O11/c1-4-7-23(24(31)22-30)8-5-6-21-9-12-18(32-3)16(28)17(29)20(34-12)35-19-13(10-25)33-11(2)14(26)15(19)27/h11-21,25-30H,4-10H2,1-3H3/p-1/b24-22-/t11-,12-,13-,14+,15-,16-,17-,18-,19?,20-/m1/s1. The van der Waals surface area contributed by atoms with Gasteiger partial charge in [0.15, 0.2) is 6.29 Å². The lowest BCUT2D eigenvalue weighted by molar-refractivity contribution is -0.690. The molecule has 2 saturated heterocycles. The molecule has 35 heavy (non-hydrogen) atoms. The number of nitrogens with zero attached hydrogens (tertiary/aromatic N) is 3. The Morgan fingerprint density at radius 2 is 1.71 bits per heavy atom. The number of methoxy groups -OCH3 is 1. The molecule has 0 aliphatic carbocycles. The highest BCUT2D eigenvalue weighted by molar-refractivity contribution is 4.95. The Kier molecular flexibility index (Phi) is 12.2. The summed E-state index contributed by atoms with van der Waals surface area (Å²) in [5.74, 6) is 0. The van der Waals surface area contributed by atoms with Crippen LogP contribution in [-0.4, -0.2) is 137 Å². The Hall–Kier alpha value is -1.40. The van der Waals surface area contributed by atoms with Crippen molar-refractivity contribution in [2.45, 2.75) is 87.9 Å². The Morgan fingerprint density at radius 1 is 1.03 bits per heavy atom. The van der Waals surface area contributed by atoms with Gasteiger partial charge in [0, 0.05) is 18.6 Å². The third-order valence-corrected chi connectivity index (χ3v) is 6.22. The minimum absolute atomic E-state index is 0.0229. The lowest BCUT2D eigenvalue weighted by Gasteiger charge is -2.46. The molecule has 0 bridgehead atoms. The highest BCUT2D eigenvalue weighted by Crippen LogP contribution is 2.29. The molecule has 0 saturated carbocycles. The van der Waals surface area contributed by atoms with Crippen molar-refractivity contribution in [3.05, 3.63) is 10.4 Å². The van der Waals surface area contributed by atoms with Crippen LogP contribution in [0.1, 0.15) is 26.7 Å². The fraction of sp³-hybridized carbons (Fsp3) is 1.00. The van der Waals surface area contributed by atoms with Gasteiger partial charge in [0.2, 0.25) is 0 Å². The molecule has 15 nitrogen and oxygen atoms in total. The summed E-state index contributed by atoms with van der Waals surface area (Å²) in [6, 6.07) is 0. The predicted octanol–water partition coefficient (Wildman–Crippen LogP) is -2.60. The molecule has 15 heteroatoms. The van der Waals surface area contributed by atoms with Crippen LogP contribution in [0.2, 0.25) is 0 Å². The molecule has 2 aliphatic rings. The maximum absolute atomic E-state index is 11.5. The third-order valence-electron chi connectivity index (χ3n) is 6.22. The highest BCUT2D eigenvalue weighted by atomic mass is 16.7. The van der Waals surface area contributed by atoms with Crippen LogP contribution in [0.3, 0.4) is 0 Å².